The van der Waals surface area contributed by atoms with Gasteiger partial charge in [0.05, 0.1) is 4.92 Å². The fraction of sp³-hybridized carbons (Fsp3) is 0.571. The van der Waals surface area contributed by atoms with Gasteiger partial charge >= 0.3 is 11.7 Å². The molecular formula is C14H19N3O4. The van der Waals surface area contributed by atoms with E-state index in [9.17, 15) is 14.9 Å². The molecule has 7 nitrogen and oxygen atoms in total. The number of nitrogens with one attached hydrogen (secondary N) is 1. The summed E-state index contributed by atoms with van der Waals surface area (Å²) >= 11 is 0. The van der Waals surface area contributed by atoms with E-state index in [2.05, 4.69) is 24.1 Å². The minimum Gasteiger partial charge on any atom is -0.477 e. The molecule has 0 spiro atoms. The molecule has 1 aromatic heterocycles. The van der Waals surface area contributed by atoms with Crippen molar-refractivity contribution in [2.75, 3.05) is 5.32 Å². The van der Waals surface area contributed by atoms with Crippen molar-refractivity contribution >= 4 is 17.5 Å². The van der Waals surface area contributed by atoms with E-state index in [1.165, 1.54) is 6.07 Å². The van der Waals surface area contributed by atoms with Crippen LogP contribution >= 0.6 is 0 Å². The van der Waals surface area contributed by atoms with Gasteiger partial charge in [-0.25, -0.2) is 9.78 Å². The second kappa shape index (κ2) is 5.67. The standard InChI is InChI=1S/C14H19N3O4/c1-14(2)5-3-9(4-6-14)16-12-7-10(13(18)19)11(8-15-12)17(20)21/h7-9H,3-6H2,1-2H3,(H,15,16)(H,18,19). The van der Waals surface area contributed by atoms with Crippen molar-refractivity contribution in [1.82, 2.24) is 4.98 Å². The van der Waals surface area contributed by atoms with Crippen molar-refractivity contribution in [3.63, 3.8) is 0 Å². The molecule has 114 valence electrons. The van der Waals surface area contributed by atoms with Crippen LogP contribution in [-0.4, -0.2) is 27.0 Å². The Hall–Kier alpha value is -2.18. The van der Waals surface area contributed by atoms with E-state index in [4.69, 9.17) is 5.11 Å². The fourth-order valence-corrected chi connectivity index (χ4v) is 2.60. The summed E-state index contributed by atoms with van der Waals surface area (Å²) in [5.41, 5.74) is -0.487. The number of anilines is 1. The van der Waals surface area contributed by atoms with Crippen molar-refractivity contribution in [2.24, 2.45) is 5.41 Å². The highest BCUT2D eigenvalue weighted by molar-refractivity contribution is 5.93. The van der Waals surface area contributed by atoms with E-state index in [0.717, 1.165) is 31.9 Å². The number of aromatic carboxylic acids is 1. The van der Waals surface area contributed by atoms with Crippen molar-refractivity contribution in [1.29, 1.82) is 0 Å². The second-order valence-corrected chi connectivity index (χ2v) is 6.23. The quantitative estimate of drug-likeness (QED) is 0.652. The Morgan fingerprint density at radius 1 is 1.48 bits per heavy atom. The Kier molecular flexibility index (Phi) is 4.11. The van der Waals surface area contributed by atoms with Crippen LogP contribution in [0.15, 0.2) is 12.3 Å². The minimum atomic E-state index is -1.32. The van der Waals surface area contributed by atoms with Crippen LogP contribution in [0.4, 0.5) is 11.5 Å². The maximum Gasteiger partial charge on any atom is 0.342 e. The summed E-state index contributed by atoms with van der Waals surface area (Å²) in [6.07, 6.45) is 5.13. The van der Waals surface area contributed by atoms with Gasteiger partial charge < -0.3 is 10.4 Å². The molecule has 1 saturated carbocycles. The van der Waals surface area contributed by atoms with E-state index in [0.29, 0.717) is 11.2 Å². The Morgan fingerprint density at radius 3 is 2.62 bits per heavy atom. The average molecular weight is 293 g/mol. The summed E-state index contributed by atoms with van der Waals surface area (Å²) in [6.45, 7) is 4.46. The molecule has 0 aromatic carbocycles. The predicted octanol–water partition coefficient (Wildman–Crippen LogP) is 3.07. The second-order valence-electron chi connectivity index (χ2n) is 6.23. The van der Waals surface area contributed by atoms with Crippen molar-refractivity contribution in [3.05, 3.63) is 27.9 Å². The SMILES string of the molecule is CC1(C)CCC(Nc2cc(C(=O)O)c([N+](=O)[O-])cn2)CC1. The topological polar surface area (TPSA) is 105 Å². The van der Waals surface area contributed by atoms with Crippen LogP contribution in [0.2, 0.25) is 0 Å². The first-order valence-electron chi connectivity index (χ1n) is 6.93. The van der Waals surface area contributed by atoms with Crippen molar-refractivity contribution in [3.8, 4) is 0 Å². The third-order valence-corrected chi connectivity index (χ3v) is 4.00. The highest BCUT2D eigenvalue weighted by Gasteiger charge is 2.27. The molecule has 0 unspecified atom stereocenters. The Bertz CT molecular complexity index is 561. The molecule has 0 bridgehead atoms. The lowest BCUT2D eigenvalue weighted by molar-refractivity contribution is -0.385. The lowest BCUT2D eigenvalue weighted by Crippen LogP contribution is -2.30. The molecule has 2 rings (SSSR count). The maximum absolute atomic E-state index is 11.1. The van der Waals surface area contributed by atoms with Gasteiger partial charge in [-0.1, -0.05) is 13.8 Å². The number of carboxylic acids is 1. The monoisotopic (exact) mass is 293 g/mol. The number of rotatable bonds is 4. The fourth-order valence-electron chi connectivity index (χ4n) is 2.60. The lowest BCUT2D eigenvalue weighted by atomic mass is 9.75. The molecule has 1 aliphatic carbocycles. The molecule has 1 heterocycles. The van der Waals surface area contributed by atoms with Crippen LogP contribution in [0.5, 0.6) is 0 Å². The molecule has 1 aromatic rings. The van der Waals surface area contributed by atoms with Gasteiger partial charge in [-0.15, -0.1) is 0 Å². The molecule has 7 heteroatoms. The van der Waals surface area contributed by atoms with E-state index in [1.54, 1.807) is 0 Å². The molecule has 0 atom stereocenters. The van der Waals surface area contributed by atoms with Crippen molar-refractivity contribution in [2.45, 2.75) is 45.6 Å². The number of nitro groups is 1. The molecular weight excluding hydrogens is 274 g/mol. The summed E-state index contributed by atoms with van der Waals surface area (Å²) < 4.78 is 0. The van der Waals surface area contributed by atoms with Gasteiger partial charge in [0.25, 0.3) is 0 Å². The van der Waals surface area contributed by atoms with Gasteiger partial charge in [-0.2, -0.15) is 0 Å². The first-order chi connectivity index (χ1) is 9.78. The third kappa shape index (κ3) is 3.68. The molecule has 21 heavy (non-hydrogen) atoms. The Morgan fingerprint density at radius 2 is 2.10 bits per heavy atom. The zero-order valence-electron chi connectivity index (χ0n) is 12.1. The minimum absolute atomic E-state index is 0.230. The van der Waals surface area contributed by atoms with Gasteiger partial charge in [-0.3, -0.25) is 10.1 Å². The average Bonchev–Trinajstić information content (AvgIpc) is 2.41. The van der Waals surface area contributed by atoms with E-state index >= 15 is 0 Å². The molecule has 0 saturated heterocycles. The van der Waals surface area contributed by atoms with E-state index in [1.807, 2.05) is 0 Å². The van der Waals surface area contributed by atoms with Crippen LogP contribution in [0.3, 0.4) is 0 Å². The summed E-state index contributed by atoms with van der Waals surface area (Å²) in [4.78, 5) is 25.1. The number of carbonyl (C=O) groups is 1. The van der Waals surface area contributed by atoms with Crippen LogP contribution in [0, 0.1) is 15.5 Å². The largest absolute Gasteiger partial charge is 0.477 e. The molecule has 2 N–H and O–H groups in total. The number of nitrogens with zero attached hydrogens (tertiary/aromatic N) is 2. The number of hydrogen-bond acceptors (Lipinski definition) is 5. The zero-order valence-corrected chi connectivity index (χ0v) is 12.1. The van der Waals surface area contributed by atoms with Crippen molar-refractivity contribution < 1.29 is 14.8 Å². The highest BCUT2D eigenvalue weighted by atomic mass is 16.6. The van der Waals surface area contributed by atoms with Gasteiger partial charge in [0.2, 0.25) is 0 Å². The van der Waals surface area contributed by atoms with Gasteiger partial charge in [0.15, 0.2) is 0 Å². The summed E-state index contributed by atoms with van der Waals surface area (Å²) in [6, 6.07) is 1.47. The third-order valence-electron chi connectivity index (χ3n) is 4.00. The molecule has 0 aliphatic heterocycles. The lowest BCUT2D eigenvalue weighted by Gasteiger charge is -2.34. The van der Waals surface area contributed by atoms with Crippen LogP contribution < -0.4 is 5.32 Å². The van der Waals surface area contributed by atoms with Gasteiger partial charge in [0.1, 0.15) is 17.6 Å². The molecule has 1 aliphatic rings. The first kappa shape index (κ1) is 15.2. The predicted molar refractivity (Wildman–Crippen MR) is 77.5 cm³/mol. The summed E-state index contributed by atoms with van der Waals surface area (Å²) in [7, 11) is 0. The Labute approximate surface area is 122 Å². The smallest absolute Gasteiger partial charge is 0.342 e. The number of carboxylic acid groups (broad SMARTS) is 1. The van der Waals surface area contributed by atoms with Crippen LogP contribution in [0.25, 0.3) is 0 Å². The Balaban J connectivity index is 2.13. The highest BCUT2D eigenvalue weighted by Crippen LogP contribution is 2.36. The van der Waals surface area contributed by atoms with Gasteiger partial charge in [-0.05, 0) is 31.1 Å². The first-order valence-corrected chi connectivity index (χ1v) is 6.93. The number of hydrogen-bond donors (Lipinski definition) is 2. The van der Waals surface area contributed by atoms with E-state index in [-0.39, 0.29) is 11.6 Å². The number of aromatic nitrogens is 1. The maximum atomic E-state index is 11.1. The summed E-state index contributed by atoms with van der Waals surface area (Å²) in [5, 5.41) is 23.0. The molecule has 0 amide bonds. The van der Waals surface area contributed by atoms with Gasteiger partial charge in [0, 0.05) is 12.1 Å². The summed E-state index contributed by atoms with van der Waals surface area (Å²) in [5.74, 6) is -0.945. The zero-order chi connectivity index (χ0) is 15.6. The van der Waals surface area contributed by atoms with Crippen LogP contribution in [0.1, 0.15) is 49.9 Å². The van der Waals surface area contributed by atoms with E-state index < -0.39 is 16.6 Å². The normalized spacial score (nSPS) is 18.2. The number of pyridine rings is 1. The molecule has 1 fully saturated rings. The van der Waals surface area contributed by atoms with Crippen LogP contribution in [-0.2, 0) is 0 Å². The molecule has 0 radical (unpaired) electrons.